The van der Waals surface area contributed by atoms with Gasteiger partial charge in [0.1, 0.15) is 11.0 Å². The molecule has 0 N–H and O–H groups in total. The molecule has 2 saturated heterocycles. The summed E-state index contributed by atoms with van der Waals surface area (Å²) >= 11 is 1.88. The lowest BCUT2D eigenvalue weighted by Gasteiger charge is -2.34. The monoisotopic (exact) mass is 536 g/mol. The largest absolute Gasteiger partial charge is 1.00 e. The number of hydrogen-bond donors (Lipinski definition) is 0. The molecule has 7 heteroatoms. The molecule has 3 heterocycles. The Morgan fingerprint density at radius 3 is 1.80 bits per heavy atom. The number of ether oxygens (including phenoxy) is 1. The maximum atomic E-state index is 5.53. The van der Waals surface area contributed by atoms with Gasteiger partial charge in [-0.2, -0.15) is 0 Å². The van der Waals surface area contributed by atoms with Gasteiger partial charge in [-0.1, -0.05) is 0 Å². The van der Waals surface area contributed by atoms with Crippen molar-refractivity contribution in [3.63, 3.8) is 0 Å². The molecule has 2 fully saturated rings. The number of rotatable bonds is 2. The van der Waals surface area contributed by atoms with Crippen molar-refractivity contribution in [1.82, 2.24) is 9.88 Å². The van der Waals surface area contributed by atoms with Crippen molar-refractivity contribution >= 4 is 43.1 Å². The molecule has 0 spiro atoms. The summed E-state index contributed by atoms with van der Waals surface area (Å²) < 4.78 is 8.08. The van der Waals surface area contributed by atoms with E-state index >= 15 is 0 Å². The third kappa shape index (κ3) is 4.22. The van der Waals surface area contributed by atoms with Crippen LogP contribution in [0.3, 0.4) is 0 Å². The Labute approximate surface area is 199 Å². The Hall–Kier alpha value is -1.29. The van der Waals surface area contributed by atoms with Crippen LogP contribution in [0.1, 0.15) is 11.1 Å². The molecule has 0 atom stereocenters. The van der Waals surface area contributed by atoms with Crippen molar-refractivity contribution in [1.29, 1.82) is 0 Å². The van der Waals surface area contributed by atoms with Crippen LogP contribution in [0.15, 0.2) is 24.3 Å². The van der Waals surface area contributed by atoms with Gasteiger partial charge in [0.15, 0.2) is 0 Å². The van der Waals surface area contributed by atoms with Crippen molar-refractivity contribution in [3.8, 4) is 0 Å². The van der Waals surface area contributed by atoms with Crippen LogP contribution in [0.25, 0.3) is 20.4 Å². The van der Waals surface area contributed by atoms with E-state index in [0.717, 1.165) is 63.5 Å². The topological polar surface area (TPSA) is 31.8 Å². The Kier molecular flexibility index (Phi) is 6.62. The van der Waals surface area contributed by atoms with Gasteiger partial charge in [-0.3, -0.25) is 0 Å². The van der Waals surface area contributed by atoms with Crippen molar-refractivity contribution in [2.45, 2.75) is 13.8 Å². The van der Waals surface area contributed by atoms with E-state index in [4.69, 9.17) is 9.72 Å². The van der Waals surface area contributed by atoms with Crippen molar-refractivity contribution in [3.05, 3.63) is 35.4 Å². The zero-order chi connectivity index (χ0) is 20.0. The number of nitrogens with zero attached hydrogens (tertiary/aromatic N) is 4. The van der Waals surface area contributed by atoms with Gasteiger partial charge in [-0.05, 0) is 44.2 Å². The Morgan fingerprint density at radius 2 is 1.27 bits per heavy atom. The Bertz CT molecular complexity index is 1060. The first-order valence-electron chi connectivity index (χ1n) is 10.5. The van der Waals surface area contributed by atoms with Gasteiger partial charge in [0.25, 0.3) is 9.40 Å². The van der Waals surface area contributed by atoms with Crippen LogP contribution in [-0.2, 0) is 4.74 Å². The Balaban J connectivity index is 0.00000218. The number of aromatic nitrogens is 1. The van der Waals surface area contributed by atoms with E-state index in [2.05, 4.69) is 59.9 Å². The minimum absolute atomic E-state index is 0. The fraction of sp³-hybridized carbons (Fsp3) is 0.478. The van der Waals surface area contributed by atoms with E-state index in [-0.39, 0.29) is 24.0 Å². The van der Waals surface area contributed by atoms with Crippen molar-refractivity contribution in [2.75, 3.05) is 69.3 Å². The summed E-state index contributed by atoms with van der Waals surface area (Å²) in [5, 5.41) is 0. The van der Waals surface area contributed by atoms with E-state index in [1.807, 2.05) is 11.3 Å². The van der Waals surface area contributed by atoms with Crippen LogP contribution in [0.5, 0.6) is 0 Å². The number of benzene rings is 2. The summed E-state index contributed by atoms with van der Waals surface area (Å²) in [4.78, 5) is 12.4. The molecule has 5 rings (SSSR count). The number of aryl methyl sites for hydroxylation is 2. The number of hydrogen-bond acceptors (Lipinski definition) is 5. The first-order valence-corrected chi connectivity index (χ1v) is 11.4. The minimum Gasteiger partial charge on any atom is -1.00 e. The fourth-order valence-electron chi connectivity index (χ4n) is 4.38. The molecule has 0 radical (unpaired) electrons. The van der Waals surface area contributed by atoms with Gasteiger partial charge in [-0.15, -0.1) is 0 Å². The molecule has 2 aliphatic rings. The standard InChI is InChI=1S/C23H29N4OS.HI/c1-16-12-18(26-6-4-25(3)5-7-26)14-20-22(16)24-23-17(2)13-19(15-21(23)29-20)27-8-10-28-11-9-27;/h12-15H,4-11H2,1-3H3;1H/q+1;/p-1. The highest BCUT2D eigenvalue weighted by atomic mass is 127. The minimum atomic E-state index is 0. The molecule has 5 nitrogen and oxygen atoms in total. The predicted molar refractivity (Wildman–Crippen MR) is 124 cm³/mol. The lowest BCUT2D eigenvalue weighted by Crippen LogP contribution is -3.00. The number of morpholine rings is 1. The molecule has 3 aromatic rings. The van der Waals surface area contributed by atoms with Gasteiger partial charge >= 0.3 is 0 Å². The average Bonchev–Trinajstić information content (AvgIpc) is 2.74. The van der Waals surface area contributed by atoms with Gasteiger partial charge in [0, 0.05) is 62.8 Å². The van der Waals surface area contributed by atoms with Crippen LogP contribution >= 0.6 is 11.3 Å². The normalized spacial score (nSPS) is 18.1. The molecule has 2 aromatic carbocycles. The summed E-state index contributed by atoms with van der Waals surface area (Å²) in [5.74, 6) is 0. The van der Waals surface area contributed by atoms with E-state index in [0.29, 0.717) is 0 Å². The lowest BCUT2D eigenvalue weighted by molar-refractivity contribution is -0.00000661. The molecule has 0 unspecified atom stereocenters. The molecule has 0 aliphatic carbocycles. The smallest absolute Gasteiger partial charge is 0.259 e. The fourth-order valence-corrected chi connectivity index (χ4v) is 5.58. The van der Waals surface area contributed by atoms with E-state index < -0.39 is 0 Å². The first kappa shape index (κ1) is 21.9. The second kappa shape index (κ2) is 9.06. The zero-order valence-corrected chi connectivity index (χ0v) is 20.9. The molecular formula is C23H29IN4OS. The van der Waals surface area contributed by atoms with Gasteiger partial charge in [0.05, 0.1) is 13.2 Å². The van der Waals surface area contributed by atoms with Crippen LogP contribution < -0.4 is 33.8 Å². The SMILES string of the molecule is Cc1cc(N2CCOCC2)cc2[s+]c3cc(N4CCN(C)CC4)cc(C)c3nc12.[I-]. The summed E-state index contributed by atoms with van der Waals surface area (Å²) in [7, 11) is 2.20. The molecule has 0 bridgehead atoms. The van der Waals surface area contributed by atoms with Crippen LogP contribution in [0.4, 0.5) is 11.4 Å². The molecular weight excluding hydrogens is 507 g/mol. The molecule has 2 aliphatic heterocycles. The average molecular weight is 536 g/mol. The highest BCUT2D eigenvalue weighted by molar-refractivity contribution is 7.24. The number of fused-ring (bicyclic) bond motifs is 2. The lowest BCUT2D eigenvalue weighted by atomic mass is 10.1. The molecule has 0 amide bonds. The second-order valence-electron chi connectivity index (χ2n) is 8.32. The maximum absolute atomic E-state index is 5.53. The highest BCUT2D eigenvalue weighted by Gasteiger charge is 2.22. The van der Waals surface area contributed by atoms with Gasteiger partial charge < -0.3 is 43.4 Å². The number of halogens is 1. The quantitative estimate of drug-likeness (QED) is 0.277. The first-order chi connectivity index (χ1) is 14.1. The molecule has 0 saturated carbocycles. The van der Waals surface area contributed by atoms with E-state index in [1.165, 1.54) is 31.9 Å². The van der Waals surface area contributed by atoms with Gasteiger partial charge in [0.2, 0.25) is 11.3 Å². The zero-order valence-electron chi connectivity index (χ0n) is 17.9. The predicted octanol–water partition coefficient (Wildman–Crippen LogP) is 0.940. The van der Waals surface area contributed by atoms with E-state index in [1.54, 1.807) is 0 Å². The van der Waals surface area contributed by atoms with Crippen molar-refractivity contribution < 1.29 is 28.7 Å². The summed E-state index contributed by atoms with van der Waals surface area (Å²) in [6.45, 7) is 12.4. The second-order valence-corrected chi connectivity index (χ2v) is 9.41. The van der Waals surface area contributed by atoms with E-state index in [9.17, 15) is 0 Å². The highest BCUT2D eigenvalue weighted by Crippen LogP contribution is 2.35. The summed E-state index contributed by atoms with van der Waals surface area (Å²) in [6.07, 6.45) is 0. The Morgan fingerprint density at radius 1 is 0.767 bits per heavy atom. The third-order valence-corrected chi connectivity index (χ3v) is 7.25. The number of likely N-dealkylation sites (N-methyl/N-ethyl adjacent to an activating group) is 1. The van der Waals surface area contributed by atoms with Crippen LogP contribution in [0, 0.1) is 13.8 Å². The summed E-state index contributed by atoms with van der Waals surface area (Å²) in [5.41, 5.74) is 7.43. The number of piperazine rings is 1. The molecule has 30 heavy (non-hydrogen) atoms. The molecule has 160 valence electrons. The summed E-state index contributed by atoms with van der Waals surface area (Å²) in [6, 6.07) is 9.27. The maximum Gasteiger partial charge on any atom is 0.259 e. The molecule has 1 aromatic heterocycles. The number of anilines is 2. The van der Waals surface area contributed by atoms with Crippen LogP contribution in [-0.4, -0.2) is 69.4 Å². The van der Waals surface area contributed by atoms with Crippen molar-refractivity contribution in [2.24, 2.45) is 0 Å². The van der Waals surface area contributed by atoms with Gasteiger partial charge in [-0.25, -0.2) is 4.98 Å². The third-order valence-electron chi connectivity index (χ3n) is 6.19. The van der Waals surface area contributed by atoms with Crippen LogP contribution in [0.2, 0.25) is 0 Å².